The first-order valence-corrected chi connectivity index (χ1v) is 5.64. The minimum atomic E-state index is 0.650. The molecule has 2 aromatic rings. The predicted molar refractivity (Wildman–Crippen MR) is 67.0 cm³/mol. The van der Waals surface area contributed by atoms with Gasteiger partial charge in [-0.25, -0.2) is 0 Å². The molecule has 0 unspecified atom stereocenters. The van der Waals surface area contributed by atoms with Crippen LogP contribution in [0.1, 0.15) is 11.3 Å². The average Bonchev–Trinajstić information content (AvgIpc) is 2.80. The number of hydrogen-bond donors (Lipinski definition) is 2. The molecule has 80 valence electrons. The van der Waals surface area contributed by atoms with Crippen LogP contribution in [0.15, 0.2) is 41.0 Å². The van der Waals surface area contributed by atoms with E-state index in [1.54, 1.807) is 12.1 Å². The van der Waals surface area contributed by atoms with E-state index in [0.29, 0.717) is 5.56 Å². The molecule has 0 radical (unpaired) electrons. The highest BCUT2D eigenvalue weighted by molar-refractivity contribution is 9.10. The lowest BCUT2D eigenvalue weighted by molar-refractivity contribution is 1.07. The molecule has 3 nitrogen and oxygen atoms in total. The molecule has 2 N–H and O–H groups in total. The largest absolute Gasteiger partial charge is 0.379 e. The molecular formula is C12H10BrN3. The number of rotatable bonds is 3. The molecule has 0 fully saturated rings. The zero-order chi connectivity index (χ0) is 11.4. The number of benzene rings is 1. The van der Waals surface area contributed by atoms with Gasteiger partial charge in [0, 0.05) is 22.1 Å². The molecule has 0 bridgehead atoms. The zero-order valence-electron chi connectivity index (χ0n) is 8.50. The van der Waals surface area contributed by atoms with Crippen molar-refractivity contribution in [3.8, 4) is 6.07 Å². The topological polar surface area (TPSA) is 51.6 Å². The molecule has 0 saturated heterocycles. The van der Waals surface area contributed by atoms with Crippen molar-refractivity contribution >= 4 is 21.6 Å². The Balaban J connectivity index is 2.08. The van der Waals surface area contributed by atoms with E-state index in [9.17, 15) is 0 Å². The summed E-state index contributed by atoms with van der Waals surface area (Å²) < 4.78 is 0.901. The van der Waals surface area contributed by atoms with Gasteiger partial charge in [-0.05, 0) is 46.3 Å². The normalized spacial score (nSPS) is 9.75. The van der Waals surface area contributed by atoms with Crippen LogP contribution in [0.5, 0.6) is 0 Å². The molecule has 1 aromatic carbocycles. The number of hydrogen-bond acceptors (Lipinski definition) is 2. The Morgan fingerprint density at radius 1 is 1.38 bits per heavy atom. The maximum Gasteiger partial charge on any atom is 0.0992 e. The standard InChI is InChI=1S/C12H10BrN3/c13-11-6-9(7-14)3-4-12(11)16-8-10-2-1-5-15-10/h1-6,15-16H,8H2. The van der Waals surface area contributed by atoms with Crippen LogP contribution < -0.4 is 5.32 Å². The summed E-state index contributed by atoms with van der Waals surface area (Å²) in [5.41, 5.74) is 2.75. The highest BCUT2D eigenvalue weighted by atomic mass is 79.9. The molecule has 0 spiro atoms. The summed E-state index contributed by atoms with van der Waals surface area (Å²) in [6, 6.07) is 11.6. The van der Waals surface area contributed by atoms with Crippen LogP contribution in [-0.2, 0) is 6.54 Å². The van der Waals surface area contributed by atoms with Crippen molar-refractivity contribution in [1.29, 1.82) is 5.26 Å². The van der Waals surface area contributed by atoms with Crippen molar-refractivity contribution in [3.05, 3.63) is 52.3 Å². The monoisotopic (exact) mass is 275 g/mol. The van der Waals surface area contributed by atoms with Gasteiger partial charge in [0.15, 0.2) is 0 Å². The fourth-order valence-corrected chi connectivity index (χ4v) is 1.91. The quantitative estimate of drug-likeness (QED) is 0.904. The Hall–Kier alpha value is -1.73. The third kappa shape index (κ3) is 2.44. The van der Waals surface area contributed by atoms with Gasteiger partial charge in [0.25, 0.3) is 0 Å². The number of aromatic nitrogens is 1. The first-order valence-electron chi connectivity index (χ1n) is 4.85. The van der Waals surface area contributed by atoms with Gasteiger partial charge in [-0.2, -0.15) is 5.26 Å². The van der Waals surface area contributed by atoms with E-state index < -0.39 is 0 Å². The number of halogens is 1. The Morgan fingerprint density at radius 2 is 2.25 bits per heavy atom. The molecule has 4 heteroatoms. The fraction of sp³-hybridized carbons (Fsp3) is 0.0833. The summed E-state index contributed by atoms with van der Waals surface area (Å²) in [7, 11) is 0. The number of anilines is 1. The number of H-pyrrole nitrogens is 1. The molecule has 1 heterocycles. The number of nitrogens with zero attached hydrogens (tertiary/aromatic N) is 1. The third-order valence-corrected chi connectivity index (χ3v) is 2.89. The second kappa shape index (κ2) is 4.86. The summed E-state index contributed by atoms with van der Waals surface area (Å²) >= 11 is 3.43. The van der Waals surface area contributed by atoms with E-state index in [1.165, 1.54) is 0 Å². The Labute approximate surface area is 102 Å². The van der Waals surface area contributed by atoms with E-state index in [2.05, 4.69) is 32.3 Å². The highest BCUT2D eigenvalue weighted by Crippen LogP contribution is 2.23. The number of aromatic amines is 1. The average molecular weight is 276 g/mol. The van der Waals surface area contributed by atoms with Crippen LogP contribution in [-0.4, -0.2) is 4.98 Å². The summed E-state index contributed by atoms with van der Waals surface area (Å²) in [6.07, 6.45) is 1.89. The highest BCUT2D eigenvalue weighted by Gasteiger charge is 2.01. The predicted octanol–water partition coefficient (Wildman–Crippen LogP) is 3.26. The van der Waals surface area contributed by atoms with Crippen molar-refractivity contribution < 1.29 is 0 Å². The minimum absolute atomic E-state index is 0.650. The summed E-state index contributed by atoms with van der Waals surface area (Å²) in [6.45, 7) is 0.734. The summed E-state index contributed by atoms with van der Waals surface area (Å²) in [5, 5.41) is 12.0. The van der Waals surface area contributed by atoms with Crippen LogP contribution in [0, 0.1) is 11.3 Å². The molecule has 0 aliphatic carbocycles. The summed E-state index contributed by atoms with van der Waals surface area (Å²) in [5.74, 6) is 0. The van der Waals surface area contributed by atoms with Gasteiger partial charge in [0.2, 0.25) is 0 Å². The smallest absolute Gasteiger partial charge is 0.0992 e. The van der Waals surface area contributed by atoms with Crippen LogP contribution in [0.3, 0.4) is 0 Å². The van der Waals surface area contributed by atoms with Crippen molar-refractivity contribution in [2.24, 2.45) is 0 Å². The van der Waals surface area contributed by atoms with E-state index in [1.807, 2.05) is 24.4 Å². The van der Waals surface area contributed by atoms with Gasteiger partial charge in [-0.3, -0.25) is 0 Å². The lowest BCUT2D eigenvalue weighted by Gasteiger charge is -2.07. The molecule has 0 aliphatic heterocycles. The van der Waals surface area contributed by atoms with Gasteiger partial charge in [-0.1, -0.05) is 0 Å². The molecule has 2 rings (SSSR count). The van der Waals surface area contributed by atoms with Crippen LogP contribution in [0.4, 0.5) is 5.69 Å². The van der Waals surface area contributed by atoms with Gasteiger partial charge >= 0.3 is 0 Å². The van der Waals surface area contributed by atoms with Crippen LogP contribution >= 0.6 is 15.9 Å². The van der Waals surface area contributed by atoms with Gasteiger partial charge < -0.3 is 10.3 Å². The Morgan fingerprint density at radius 3 is 2.88 bits per heavy atom. The lowest BCUT2D eigenvalue weighted by Crippen LogP contribution is -2.00. The SMILES string of the molecule is N#Cc1ccc(NCc2ccc[nH]2)c(Br)c1. The van der Waals surface area contributed by atoms with Crippen molar-refractivity contribution in [1.82, 2.24) is 4.98 Å². The first kappa shape index (κ1) is 10.8. The van der Waals surface area contributed by atoms with E-state index >= 15 is 0 Å². The number of nitriles is 1. The van der Waals surface area contributed by atoms with Crippen LogP contribution in [0.2, 0.25) is 0 Å². The van der Waals surface area contributed by atoms with E-state index in [4.69, 9.17) is 5.26 Å². The van der Waals surface area contributed by atoms with Crippen LogP contribution in [0.25, 0.3) is 0 Å². The molecule has 0 saturated carbocycles. The fourth-order valence-electron chi connectivity index (χ4n) is 1.40. The second-order valence-corrected chi connectivity index (χ2v) is 4.21. The Bertz CT molecular complexity index is 512. The van der Waals surface area contributed by atoms with Crippen molar-refractivity contribution in [2.75, 3.05) is 5.32 Å². The maximum atomic E-state index is 8.74. The van der Waals surface area contributed by atoms with Crippen molar-refractivity contribution in [3.63, 3.8) is 0 Å². The second-order valence-electron chi connectivity index (χ2n) is 3.36. The molecule has 16 heavy (non-hydrogen) atoms. The Kier molecular flexibility index (Phi) is 3.28. The minimum Gasteiger partial charge on any atom is -0.379 e. The summed E-state index contributed by atoms with van der Waals surface area (Å²) in [4.78, 5) is 3.12. The third-order valence-electron chi connectivity index (χ3n) is 2.23. The van der Waals surface area contributed by atoms with Gasteiger partial charge in [0.1, 0.15) is 0 Å². The zero-order valence-corrected chi connectivity index (χ0v) is 10.1. The van der Waals surface area contributed by atoms with Gasteiger partial charge in [-0.15, -0.1) is 0 Å². The molecule has 0 aliphatic rings. The van der Waals surface area contributed by atoms with E-state index in [-0.39, 0.29) is 0 Å². The lowest BCUT2D eigenvalue weighted by atomic mass is 10.2. The molecular weight excluding hydrogens is 266 g/mol. The first-order chi connectivity index (χ1) is 7.79. The molecule has 1 aromatic heterocycles. The number of nitrogens with one attached hydrogen (secondary N) is 2. The van der Waals surface area contributed by atoms with Gasteiger partial charge in [0.05, 0.1) is 18.2 Å². The molecule has 0 amide bonds. The molecule has 0 atom stereocenters. The van der Waals surface area contributed by atoms with E-state index in [0.717, 1.165) is 22.4 Å². The van der Waals surface area contributed by atoms with Crippen molar-refractivity contribution in [2.45, 2.75) is 6.54 Å². The maximum absolute atomic E-state index is 8.74.